The molecule has 0 spiro atoms. The van der Waals surface area contributed by atoms with E-state index in [2.05, 4.69) is 4.98 Å². The van der Waals surface area contributed by atoms with Crippen molar-refractivity contribution in [2.24, 2.45) is 0 Å². The zero-order valence-corrected chi connectivity index (χ0v) is 17.5. The van der Waals surface area contributed by atoms with Gasteiger partial charge in [0.15, 0.2) is 0 Å². The third-order valence-corrected chi connectivity index (χ3v) is 5.29. The Morgan fingerprint density at radius 2 is 1.71 bits per heavy atom. The highest BCUT2D eigenvalue weighted by Crippen LogP contribution is 2.39. The molecule has 0 saturated carbocycles. The lowest BCUT2D eigenvalue weighted by atomic mass is 9.98. The highest BCUT2D eigenvalue weighted by Gasteiger charge is 2.38. The predicted molar refractivity (Wildman–Crippen MR) is 113 cm³/mol. The van der Waals surface area contributed by atoms with Crippen molar-refractivity contribution in [2.45, 2.75) is 13.8 Å². The van der Waals surface area contributed by atoms with Crippen LogP contribution >= 0.6 is 12.4 Å². The average molecular weight is 402 g/mol. The van der Waals surface area contributed by atoms with Crippen molar-refractivity contribution in [3.05, 3.63) is 40.5 Å². The number of amides is 2. The Kier molecular flexibility index (Phi) is 5.12. The second-order valence-corrected chi connectivity index (χ2v) is 7.42. The molecule has 2 heterocycles. The molecule has 1 N–H and O–H groups in total. The van der Waals surface area contributed by atoms with Gasteiger partial charge in [-0.15, -0.1) is 12.4 Å². The number of hydrogen-bond acceptors (Lipinski definition) is 4. The largest absolute Gasteiger partial charge is 0.497 e. The molecular formula is C21H24ClN3O3. The molecule has 1 aromatic heterocycles. The number of carbonyl (C=O) groups excluding carboxylic acids is 2. The fraction of sp³-hybridized carbons (Fsp3) is 0.333. The van der Waals surface area contributed by atoms with E-state index in [1.54, 1.807) is 7.11 Å². The molecule has 1 aliphatic heterocycles. The summed E-state index contributed by atoms with van der Waals surface area (Å²) in [7, 11) is 5.48. The van der Waals surface area contributed by atoms with Crippen molar-refractivity contribution in [2.75, 3.05) is 34.3 Å². The molecule has 0 saturated heterocycles. The quantitative estimate of drug-likeness (QED) is 0.679. The molecule has 2 amide bonds. The number of aromatic nitrogens is 1. The summed E-state index contributed by atoms with van der Waals surface area (Å²) in [5, 5.41) is 1.73. The number of nitrogens with zero attached hydrogens (tertiary/aromatic N) is 2. The van der Waals surface area contributed by atoms with Gasteiger partial charge in [0.25, 0.3) is 11.8 Å². The molecular weight excluding hydrogens is 378 g/mol. The smallest absolute Gasteiger partial charge is 0.262 e. The zero-order chi connectivity index (χ0) is 19.5. The Balaban J connectivity index is 0.00000225. The molecule has 0 atom stereocenters. The number of nitrogens with one attached hydrogen (secondary N) is 1. The lowest BCUT2D eigenvalue weighted by molar-refractivity contribution is 0.0645. The lowest BCUT2D eigenvalue weighted by Crippen LogP contribution is -2.35. The van der Waals surface area contributed by atoms with E-state index in [4.69, 9.17) is 4.74 Å². The SMILES string of the molecule is COc1cc(C)c2[nH]c3c(C)cc4c(c3c2c1)C(=O)N(CCN(C)C)C4=O.Cl. The average Bonchev–Trinajstić information content (AvgIpc) is 3.11. The van der Waals surface area contributed by atoms with Crippen LogP contribution in [0.15, 0.2) is 18.2 Å². The molecule has 0 radical (unpaired) electrons. The number of carbonyl (C=O) groups is 2. The van der Waals surface area contributed by atoms with Gasteiger partial charge in [-0.2, -0.15) is 0 Å². The standard InChI is InChI=1S/C21H23N3O3.ClH/c1-11-8-13(27-5)10-14-16-17-15(9-12(2)19(16)22-18(11)14)20(25)24(21(17)26)7-6-23(3)4;/h8-10,22H,6-7H2,1-5H3;1H. The lowest BCUT2D eigenvalue weighted by Gasteiger charge is -2.16. The molecule has 0 bridgehead atoms. The Morgan fingerprint density at radius 3 is 2.36 bits per heavy atom. The van der Waals surface area contributed by atoms with Crippen LogP contribution in [0.3, 0.4) is 0 Å². The van der Waals surface area contributed by atoms with Crippen molar-refractivity contribution < 1.29 is 14.3 Å². The van der Waals surface area contributed by atoms with Crippen molar-refractivity contribution in [3.63, 3.8) is 0 Å². The number of rotatable bonds is 4. The van der Waals surface area contributed by atoms with Gasteiger partial charge in [-0.25, -0.2) is 0 Å². The van der Waals surface area contributed by atoms with Gasteiger partial charge >= 0.3 is 0 Å². The molecule has 3 aromatic rings. The molecule has 0 fully saturated rings. The molecule has 28 heavy (non-hydrogen) atoms. The number of methoxy groups -OCH3 is 1. The maximum absolute atomic E-state index is 13.2. The number of imide groups is 1. The minimum atomic E-state index is -0.219. The van der Waals surface area contributed by atoms with Gasteiger partial charge in [0, 0.05) is 29.4 Å². The topological polar surface area (TPSA) is 65.6 Å². The summed E-state index contributed by atoms with van der Waals surface area (Å²) >= 11 is 0. The zero-order valence-electron chi connectivity index (χ0n) is 16.7. The van der Waals surface area contributed by atoms with Crippen molar-refractivity contribution in [3.8, 4) is 5.75 Å². The number of aryl methyl sites for hydroxylation is 2. The van der Waals surface area contributed by atoms with Gasteiger partial charge in [0.2, 0.25) is 0 Å². The minimum Gasteiger partial charge on any atom is -0.497 e. The maximum atomic E-state index is 13.2. The summed E-state index contributed by atoms with van der Waals surface area (Å²) < 4.78 is 5.42. The number of hydrogen-bond donors (Lipinski definition) is 1. The van der Waals surface area contributed by atoms with Crippen LogP contribution < -0.4 is 4.74 Å². The first kappa shape index (κ1) is 20.2. The maximum Gasteiger partial charge on any atom is 0.262 e. The van der Waals surface area contributed by atoms with Crippen LogP contribution in [0.5, 0.6) is 5.75 Å². The number of likely N-dealkylation sites (N-methyl/N-ethyl adjacent to an activating group) is 1. The summed E-state index contributed by atoms with van der Waals surface area (Å²) in [6.45, 7) is 4.98. The van der Waals surface area contributed by atoms with Gasteiger partial charge in [-0.05, 0) is 57.3 Å². The van der Waals surface area contributed by atoms with Gasteiger partial charge in [0.1, 0.15) is 5.75 Å². The van der Waals surface area contributed by atoms with E-state index in [-0.39, 0.29) is 24.2 Å². The summed E-state index contributed by atoms with van der Waals surface area (Å²) in [5.74, 6) is 0.302. The third kappa shape index (κ3) is 2.84. The third-order valence-electron chi connectivity index (χ3n) is 5.29. The van der Waals surface area contributed by atoms with Crippen LogP contribution in [0.2, 0.25) is 0 Å². The number of aromatic amines is 1. The number of fused-ring (bicyclic) bond motifs is 5. The summed E-state index contributed by atoms with van der Waals surface area (Å²) in [6, 6.07) is 5.72. The Morgan fingerprint density at radius 1 is 1.04 bits per heavy atom. The van der Waals surface area contributed by atoms with Crippen molar-refractivity contribution in [1.82, 2.24) is 14.8 Å². The van der Waals surface area contributed by atoms with Gasteiger partial charge in [-0.1, -0.05) is 0 Å². The monoisotopic (exact) mass is 401 g/mol. The second kappa shape index (κ2) is 7.11. The molecule has 2 aromatic carbocycles. The number of benzene rings is 2. The van der Waals surface area contributed by atoms with Crippen LogP contribution in [-0.2, 0) is 0 Å². The van der Waals surface area contributed by atoms with Gasteiger partial charge in [-0.3, -0.25) is 14.5 Å². The highest BCUT2D eigenvalue weighted by molar-refractivity contribution is 6.30. The second-order valence-electron chi connectivity index (χ2n) is 7.42. The van der Waals surface area contributed by atoms with Gasteiger partial charge in [0.05, 0.1) is 23.8 Å². The van der Waals surface area contributed by atoms with Crippen LogP contribution in [-0.4, -0.2) is 60.9 Å². The van der Waals surface area contributed by atoms with Gasteiger partial charge < -0.3 is 14.6 Å². The molecule has 6 nitrogen and oxygen atoms in total. The molecule has 0 aliphatic carbocycles. The van der Waals surface area contributed by atoms with E-state index in [9.17, 15) is 9.59 Å². The Labute approximate surface area is 169 Å². The van der Waals surface area contributed by atoms with Crippen LogP contribution in [0.1, 0.15) is 31.8 Å². The summed E-state index contributed by atoms with van der Waals surface area (Å²) in [6.07, 6.45) is 0. The fourth-order valence-corrected chi connectivity index (χ4v) is 3.87. The minimum absolute atomic E-state index is 0. The van der Waals surface area contributed by atoms with Crippen LogP contribution in [0, 0.1) is 13.8 Å². The Bertz CT molecular complexity index is 1120. The molecule has 4 rings (SSSR count). The van der Waals surface area contributed by atoms with E-state index in [1.807, 2.05) is 51.0 Å². The number of H-pyrrole nitrogens is 1. The van der Waals surface area contributed by atoms with E-state index in [0.29, 0.717) is 24.2 Å². The van der Waals surface area contributed by atoms with E-state index >= 15 is 0 Å². The first-order valence-electron chi connectivity index (χ1n) is 8.98. The molecule has 0 unspecified atom stereocenters. The number of ether oxygens (including phenoxy) is 1. The molecule has 7 heteroatoms. The first-order chi connectivity index (χ1) is 12.8. The van der Waals surface area contributed by atoms with Crippen LogP contribution in [0.25, 0.3) is 21.8 Å². The summed E-state index contributed by atoms with van der Waals surface area (Å²) in [5.41, 5.74) is 4.84. The van der Waals surface area contributed by atoms with Crippen LogP contribution in [0.4, 0.5) is 0 Å². The normalized spacial score (nSPS) is 13.6. The highest BCUT2D eigenvalue weighted by atomic mass is 35.5. The van der Waals surface area contributed by atoms with E-state index in [1.165, 1.54) is 4.90 Å². The van der Waals surface area contributed by atoms with Crippen molar-refractivity contribution in [1.29, 1.82) is 0 Å². The predicted octanol–water partition coefficient (Wildman–Crippen LogP) is 3.53. The molecule has 1 aliphatic rings. The fourth-order valence-electron chi connectivity index (χ4n) is 3.87. The van der Waals surface area contributed by atoms with Crippen molar-refractivity contribution >= 4 is 46.0 Å². The number of halogens is 1. The van der Waals surface area contributed by atoms with E-state index in [0.717, 1.165) is 38.7 Å². The Hall–Kier alpha value is -2.57. The van der Waals surface area contributed by atoms with E-state index < -0.39 is 0 Å². The summed E-state index contributed by atoms with van der Waals surface area (Å²) in [4.78, 5) is 32.9. The first-order valence-corrected chi connectivity index (χ1v) is 8.98. The molecule has 148 valence electrons.